The number of para-hydroxylation sites is 2. The highest BCUT2D eigenvalue weighted by atomic mass is 16.3. The van der Waals surface area contributed by atoms with Crippen molar-refractivity contribution >= 4 is 28.6 Å². The molecule has 0 radical (unpaired) electrons. The SMILES string of the molecule is Cc1ccccc1C(=O)NCCC(=O)Nc1ccc(-c2nc3ccccc3o2)cc1. The summed E-state index contributed by atoms with van der Waals surface area (Å²) in [5.41, 5.74) is 4.56. The first kappa shape index (κ1) is 19.4. The van der Waals surface area contributed by atoms with Gasteiger partial charge in [0, 0.05) is 29.8 Å². The fourth-order valence-corrected chi connectivity index (χ4v) is 3.13. The fraction of sp³-hybridized carbons (Fsp3) is 0.125. The quantitative estimate of drug-likeness (QED) is 0.498. The number of carbonyl (C=O) groups excluding carboxylic acids is 2. The first-order chi connectivity index (χ1) is 14.6. The maximum atomic E-state index is 12.2. The van der Waals surface area contributed by atoms with Gasteiger partial charge in [-0.3, -0.25) is 9.59 Å². The van der Waals surface area contributed by atoms with E-state index < -0.39 is 0 Å². The van der Waals surface area contributed by atoms with E-state index in [4.69, 9.17) is 4.42 Å². The van der Waals surface area contributed by atoms with E-state index in [9.17, 15) is 9.59 Å². The molecule has 0 saturated carbocycles. The van der Waals surface area contributed by atoms with Crippen LogP contribution in [0.2, 0.25) is 0 Å². The molecule has 0 saturated heterocycles. The summed E-state index contributed by atoms with van der Waals surface area (Å²) in [5.74, 6) is 0.186. The van der Waals surface area contributed by atoms with Crippen molar-refractivity contribution < 1.29 is 14.0 Å². The van der Waals surface area contributed by atoms with Crippen molar-refractivity contribution in [3.8, 4) is 11.5 Å². The van der Waals surface area contributed by atoms with Crippen LogP contribution in [0.15, 0.2) is 77.2 Å². The van der Waals surface area contributed by atoms with Gasteiger partial charge in [0.25, 0.3) is 5.91 Å². The lowest BCUT2D eigenvalue weighted by atomic mass is 10.1. The molecule has 30 heavy (non-hydrogen) atoms. The van der Waals surface area contributed by atoms with Crippen LogP contribution in [0.4, 0.5) is 5.69 Å². The van der Waals surface area contributed by atoms with E-state index in [0.29, 0.717) is 17.1 Å². The van der Waals surface area contributed by atoms with Crippen LogP contribution in [0.5, 0.6) is 0 Å². The maximum absolute atomic E-state index is 12.2. The summed E-state index contributed by atoms with van der Waals surface area (Å²) in [5, 5.41) is 5.61. The van der Waals surface area contributed by atoms with E-state index in [1.165, 1.54) is 0 Å². The number of rotatable bonds is 6. The van der Waals surface area contributed by atoms with Gasteiger partial charge in [0.1, 0.15) is 5.52 Å². The van der Waals surface area contributed by atoms with Gasteiger partial charge in [-0.05, 0) is 55.0 Å². The summed E-state index contributed by atoms with van der Waals surface area (Å²) >= 11 is 0. The smallest absolute Gasteiger partial charge is 0.251 e. The van der Waals surface area contributed by atoms with E-state index in [-0.39, 0.29) is 24.8 Å². The molecule has 2 amide bonds. The minimum atomic E-state index is -0.177. The van der Waals surface area contributed by atoms with Crippen LogP contribution in [-0.4, -0.2) is 23.3 Å². The van der Waals surface area contributed by atoms with Gasteiger partial charge < -0.3 is 15.1 Å². The van der Waals surface area contributed by atoms with Crippen LogP contribution in [0.25, 0.3) is 22.6 Å². The van der Waals surface area contributed by atoms with Gasteiger partial charge in [-0.15, -0.1) is 0 Å². The molecule has 3 aromatic carbocycles. The summed E-state index contributed by atoms with van der Waals surface area (Å²) in [6, 6.07) is 22.2. The lowest BCUT2D eigenvalue weighted by Gasteiger charge is -2.08. The monoisotopic (exact) mass is 399 g/mol. The second-order valence-electron chi connectivity index (χ2n) is 6.93. The number of carbonyl (C=O) groups is 2. The number of benzene rings is 3. The van der Waals surface area contributed by atoms with Gasteiger partial charge in [0.2, 0.25) is 11.8 Å². The molecule has 4 aromatic rings. The molecule has 0 bridgehead atoms. The normalized spacial score (nSPS) is 10.7. The highest BCUT2D eigenvalue weighted by Crippen LogP contribution is 2.25. The number of amides is 2. The second kappa shape index (κ2) is 8.61. The molecular formula is C24H21N3O3. The Morgan fingerprint density at radius 2 is 1.67 bits per heavy atom. The molecule has 4 rings (SSSR count). The van der Waals surface area contributed by atoms with Gasteiger partial charge in [-0.25, -0.2) is 4.98 Å². The first-order valence-corrected chi connectivity index (χ1v) is 9.70. The minimum absolute atomic E-state index is 0.172. The first-order valence-electron chi connectivity index (χ1n) is 9.70. The van der Waals surface area contributed by atoms with E-state index in [1.54, 1.807) is 18.2 Å². The van der Waals surface area contributed by atoms with E-state index in [2.05, 4.69) is 15.6 Å². The molecular weight excluding hydrogens is 378 g/mol. The third-order valence-corrected chi connectivity index (χ3v) is 4.74. The third kappa shape index (κ3) is 4.38. The Labute approximate surface area is 173 Å². The van der Waals surface area contributed by atoms with E-state index >= 15 is 0 Å². The van der Waals surface area contributed by atoms with E-state index in [1.807, 2.05) is 61.5 Å². The molecule has 0 fully saturated rings. The molecule has 0 aliphatic heterocycles. The number of aryl methyl sites for hydroxylation is 1. The Balaban J connectivity index is 1.30. The van der Waals surface area contributed by atoms with Crippen molar-refractivity contribution in [3.05, 3.63) is 83.9 Å². The lowest BCUT2D eigenvalue weighted by Crippen LogP contribution is -2.28. The average molecular weight is 399 g/mol. The zero-order valence-electron chi connectivity index (χ0n) is 16.5. The zero-order valence-corrected chi connectivity index (χ0v) is 16.5. The molecule has 6 nitrogen and oxygen atoms in total. The van der Waals surface area contributed by atoms with Crippen molar-refractivity contribution in [2.75, 3.05) is 11.9 Å². The summed E-state index contributed by atoms with van der Waals surface area (Å²) in [4.78, 5) is 28.8. The standard InChI is InChI=1S/C24H21N3O3/c1-16-6-2-3-7-19(16)23(29)25-15-14-22(28)26-18-12-10-17(11-13-18)24-27-20-8-4-5-9-21(20)30-24/h2-13H,14-15H2,1H3,(H,25,29)(H,26,28). The van der Waals surface area contributed by atoms with Crippen molar-refractivity contribution in [3.63, 3.8) is 0 Å². The summed E-state index contributed by atoms with van der Waals surface area (Å²) in [7, 11) is 0. The molecule has 2 N–H and O–H groups in total. The highest BCUT2D eigenvalue weighted by Gasteiger charge is 2.10. The van der Waals surface area contributed by atoms with Gasteiger partial charge in [0.15, 0.2) is 5.58 Å². The van der Waals surface area contributed by atoms with Crippen molar-refractivity contribution in [2.45, 2.75) is 13.3 Å². The van der Waals surface area contributed by atoms with Crippen LogP contribution >= 0.6 is 0 Å². The molecule has 1 aromatic heterocycles. The Morgan fingerprint density at radius 1 is 0.933 bits per heavy atom. The predicted molar refractivity (Wildman–Crippen MR) is 116 cm³/mol. The Kier molecular flexibility index (Phi) is 5.57. The topological polar surface area (TPSA) is 84.2 Å². The highest BCUT2D eigenvalue weighted by molar-refractivity contribution is 5.96. The Bertz CT molecular complexity index is 1160. The van der Waals surface area contributed by atoms with Gasteiger partial charge >= 0.3 is 0 Å². The van der Waals surface area contributed by atoms with Gasteiger partial charge in [0.05, 0.1) is 0 Å². The number of nitrogens with one attached hydrogen (secondary N) is 2. The Hall–Kier alpha value is -3.93. The number of anilines is 1. The van der Waals surface area contributed by atoms with Crippen molar-refractivity contribution in [2.24, 2.45) is 0 Å². The largest absolute Gasteiger partial charge is 0.436 e. The Morgan fingerprint density at radius 3 is 2.43 bits per heavy atom. The summed E-state index contributed by atoms with van der Waals surface area (Å²) in [6.07, 6.45) is 0.185. The summed E-state index contributed by atoms with van der Waals surface area (Å²) < 4.78 is 5.76. The number of oxazole rings is 1. The summed E-state index contributed by atoms with van der Waals surface area (Å²) in [6.45, 7) is 2.14. The predicted octanol–water partition coefficient (Wildman–Crippen LogP) is 4.56. The van der Waals surface area contributed by atoms with Gasteiger partial charge in [-0.1, -0.05) is 30.3 Å². The van der Waals surface area contributed by atoms with Crippen LogP contribution < -0.4 is 10.6 Å². The molecule has 0 aliphatic carbocycles. The number of aromatic nitrogens is 1. The van der Waals surface area contributed by atoms with Crippen LogP contribution in [-0.2, 0) is 4.79 Å². The van der Waals surface area contributed by atoms with Gasteiger partial charge in [-0.2, -0.15) is 0 Å². The third-order valence-electron chi connectivity index (χ3n) is 4.74. The molecule has 0 spiro atoms. The lowest BCUT2D eigenvalue weighted by molar-refractivity contribution is -0.116. The van der Waals surface area contributed by atoms with Crippen molar-refractivity contribution in [1.29, 1.82) is 0 Å². The molecule has 0 aliphatic rings. The molecule has 0 unspecified atom stereocenters. The molecule has 6 heteroatoms. The van der Waals surface area contributed by atoms with Crippen LogP contribution in [0.1, 0.15) is 22.3 Å². The molecule has 0 atom stereocenters. The fourth-order valence-electron chi connectivity index (χ4n) is 3.13. The van der Waals surface area contributed by atoms with Crippen LogP contribution in [0.3, 0.4) is 0 Å². The minimum Gasteiger partial charge on any atom is -0.436 e. The second-order valence-corrected chi connectivity index (χ2v) is 6.93. The molecule has 150 valence electrons. The molecule has 1 heterocycles. The number of hydrogen-bond acceptors (Lipinski definition) is 4. The average Bonchev–Trinajstić information content (AvgIpc) is 3.19. The van der Waals surface area contributed by atoms with Crippen molar-refractivity contribution in [1.82, 2.24) is 10.3 Å². The number of nitrogens with zero attached hydrogens (tertiary/aromatic N) is 1. The number of fused-ring (bicyclic) bond motifs is 1. The zero-order chi connectivity index (χ0) is 20.9. The van der Waals surface area contributed by atoms with Crippen LogP contribution in [0, 0.1) is 6.92 Å². The van der Waals surface area contributed by atoms with E-state index in [0.717, 1.165) is 22.2 Å². The number of hydrogen-bond donors (Lipinski definition) is 2. The maximum Gasteiger partial charge on any atom is 0.251 e.